The second-order valence-corrected chi connectivity index (χ2v) is 2.90. The maximum Gasteiger partial charge on any atom is 0.251 e. The largest absolute Gasteiger partial charge is 0.553 e. The van der Waals surface area contributed by atoms with Crippen LogP contribution in [0.3, 0.4) is 0 Å². The van der Waals surface area contributed by atoms with Gasteiger partial charge in [0.25, 0.3) is 6.16 Å². The highest BCUT2D eigenvalue weighted by molar-refractivity contribution is 5.53. The molecule has 1 saturated heterocycles. The van der Waals surface area contributed by atoms with Crippen LogP contribution in [-0.4, -0.2) is 52.0 Å². The van der Waals surface area contributed by atoms with Crippen molar-refractivity contribution in [1.29, 1.82) is 0 Å². The van der Waals surface area contributed by atoms with Crippen LogP contribution >= 0.6 is 0 Å². The molecule has 1 fully saturated rings. The monoisotopic (exact) mass is 176 g/mol. The quantitative estimate of drug-likeness (QED) is 0.411. The number of methoxy groups -OCH3 is 1. The molecule has 1 heterocycles. The molecule has 0 aromatic heterocycles. The Labute approximate surface area is 72.5 Å². The maximum atomic E-state index is 9.03. The smallest absolute Gasteiger partial charge is 0.251 e. The molecule has 0 bridgehead atoms. The van der Waals surface area contributed by atoms with E-state index in [0.29, 0.717) is 0 Å². The number of carbonyl (C=O) groups is 1. The first-order valence-corrected chi connectivity index (χ1v) is 3.81. The van der Waals surface area contributed by atoms with Crippen LogP contribution in [0.15, 0.2) is 0 Å². The van der Waals surface area contributed by atoms with Crippen LogP contribution in [0.1, 0.15) is 0 Å². The first-order chi connectivity index (χ1) is 5.56. The average Bonchev–Trinajstić information content (AvgIpc) is 2.36. The molecule has 0 aromatic rings. The van der Waals surface area contributed by atoms with Gasteiger partial charge in [-0.05, 0) is 7.05 Å². The predicted octanol–water partition coefficient (Wildman–Crippen LogP) is -2.62. The summed E-state index contributed by atoms with van der Waals surface area (Å²) in [6, 6.07) is 0. The molecule has 1 aliphatic heterocycles. The van der Waals surface area contributed by atoms with Crippen LogP contribution in [-0.2, 0) is 4.74 Å². The van der Waals surface area contributed by atoms with E-state index in [1.54, 1.807) is 4.90 Å². The number of likely N-dealkylation sites (N-methyl/N-ethyl adjacent to an activating group) is 2. The number of quaternary nitrogens is 1. The number of nitrogens with zero attached hydrogens (tertiary/aromatic N) is 1. The van der Waals surface area contributed by atoms with Crippen molar-refractivity contribution in [1.82, 2.24) is 4.90 Å². The average molecular weight is 176 g/mol. The highest BCUT2D eigenvalue weighted by Gasteiger charge is 2.13. The van der Waals surface area contributed by atoms with E-state index in [1.807, 2.05) is 0 Å². The summed E-state index contributed by atoms with van der Waals surface area (Å²) in [5, 5.41) is 9.03. The maximum absolute atomic E-state index is 9.03. The van der Waals surface area contributed by atoms with E-state index >= 15 is 0 Å². The Balaban J connectivity index is 0.000000217. The lowest BCUT2D eigenvalue weighted by Gasteiger charge is -2.03. The summed E-state index contributed by atoms with van der Waals surface area (Å²) in [5.41, 5.74) is 0. The van der Waals surface area contributed by atoms with Crippen molar-refractivity contribution in [2.45, 2.75) is 0 Å². The van der Waals surface area contributed by atoms with Gasteiger partial charge in [-0.3, -0.25) is 4.90 Å². The van der Waals surface area contributed by atoms with Crippen molar-refractivity contribution < 1.29 is 19.5 Å². The third kappa shape index (κ3) is 5.94. The summed E-state index contributed by atoms with van der Waals surface area (Å²) in [6.07, 6.45) is -1.50. The van der Waals surface area contributed by atoms with E-state index < -0.39 is 6.16 Å². The molecule has 0 aromatic carbocycles. The fraction of sp³-hybridized carbons (Fsp3) is 0.857. The topological polar surface area (TPSA) is 57.0 Å². The Kier molecular flexibility index (Phi) is 5.40. The number of carbonyl (C=O) groups excluding carboxylic acids is 1. The van der Waals surface area contributed by atoms with Crippen LogP contribution in [0.4, 0.5) is 4.79 Å². The number of carboxylic acid groups (broad SMARTS) is 1. The summed E-state index contributed by atoms with van der Waals surface area (Å²) in [7, 11) is 5.43. The highest BCUT2D eigenvalue weighted by Crippen LogP contribution is 1.76. The van der Waals surface area contributed by atoms with Gasteiger partial charge in [0.05, 0.1) is 20.1 Å². The third-order valence-corrected chi connectivity index (χ3v) is 1.63. The van der Waals surface area contributed by atoms with Gasteiger partial charge in [-0.2, -0.15) is 0 Å². The SMILES string of the molecule is CN1CC[NH+](C)C1.COC(=O)[O-]. The van der Waals surface area contributed by atoms with Gasteiger partial charge in [0, 0.05) is 7.11 Å². The van der Waals surface area contributed by atoms with Gasteiger partial charge in [0.1, 0.15) is 6.67 Å². The summed E-state index contributed by atoms with van der Waals surface area (Å²) in [6.45, 7) is 3.81. The second kappa shape index (κ2) is 5.79. The number of nitrogens with one attached hydrogen (secondary N) is 1. The minimum atomic E-state index is -1.50. The lowest BCUT2D eigenvalue weighted by molar-refractivity contribution is -0.870. The summed E-state index contributed by atoms with van der Waals surface area (Å²) in [4.78, 5) is 13.0. The van der Waals surface area contributed by atoms with Crippen molar-refractivity contribution >= 4 is 6.16 Å². The molecule has 1 rings (SSSR count). The van der Waals surface area contributed by atoms with Gasteiger partial charge >= 0.3 is 0 Å². The molecule has 0 aliphatic carbocycles. The van der Waals surface area contributed by atoms with Crippen molar-refractivity contribution in [3.8, 4) is 0 Å². The van der Waals surface area contributed by atoms with Gasteiger partial charge < -0.3 is 19.5 Å². The molecule has 1 unspecified atom stereocenters. The van der Waals surface area contributed by atoms with Crippen molar-refractivity contribution in [2.75, 3.05) is 41.0 Å². The van der Waals surface area contributed by atoms with Crippen LogP contribution in [0.2, 0.25) is 0 Å². The van der Waals surface area contributed by atoms with E-state index in [1.165, 1.54) is 19.8 Å². The van der Waals surface area contributed by atoms with Crippen molar-refractivity contribution in [3.63, 3.8) is 0 Å². The molecule has 5 heteroatoms. The van der Waals surface area contributed by atoms with E-state index in [4.69, 9.17) is 9.90 Å². The molecule has 12 heavy (non-hydrogen) atoms. The Morgan fingerprint density at radius 2 is 2.17 bits per heavy atom. The van der Waals surface area contributed by atoms with E-state index in [-0.39, 0.29) is 0 Å². The molecule has 1 N–H and O–H groups in total. The Morgan fingerprint density at radius 3 is 2.25 bits per heavy atom. The number of hydrogen-bond donors (Lipinski definition) is 1. The van der Waals surface area contributed by atoms with Gasteiger partial charge in [0.15, 0.2) is 0 Å². The number of rotatable bonds is 0. The molecule has 1 atom stereocenters. The zero-order valence-corrected chi connectivity index (χ0v) is 7.79. The summed E-state index contributed by atoms with van der Waals surface area (Å²) >= 11 is 0. The van der Waals surface area contributed by atoms with Crippen LogP contribution in [0.5, 0.6) is 0 Å². The molecule has 0 radical (unpaired) electrons. The normalized spacial score (nSPS) is 22.8. The fourth-order valence-corrected chi connectivity index (χ4v) is 1.00. The Bertz CT molecular complexity index is 133. The van der Waals surface area contributed by atoms with E-state index in [0.717, 1.165) is 7.11 Å². The highest BCUT2D eigenvalue weighted by atomic mass is 16.6. The lowest BCUT2D eigenvalue weighted by Crippen LogP contribution is -3.07. The first kappa shape index (κ1) is 11.2. The molecule has 0 spiro atoms. The molecule has 0 saturated carbocycles. The third-order valence-electron chi connectivity index (χ3n) is 1.63. The standard InChI is InChI=1S/C5H12N2.C2H4O3/c1-6-3-4-7(2)5-6;1-5-2(3)4/h3-5H2,1-2H3;1H3,(H,3,4). The van der Waals surface area contributed by atoms with Crippen LogP contribution in [0.25, 0.3) is 0 Å². The molecule has 1 aliphatic rings. The van der Waals surface area contributed by atoms with Gasteiger partial charge in [0.2, 0.25) is 0 Å². The fourth-order valence-electron chi connectivity index (χ4n) is 1.00. The number of ether oxygens (including phenoxy) is 1. The van der Waals surface area contributed by atoms with Crippen LogP contribution in [0, 0.1) is 0 Å². The zero-order valence-electron chi connectivity index (χ0n) is 7.79. The zero-order chi connectivity index (χ0) is 9.56. The van der Waals surface area contributed by atoms with E-state index in [9.17, 15) is 0 Å². The van der Waals surface area contributed by atoms with Crippen molar-refractivity contribution in [2.24, 2.45) is 0 Å². The Hall–Kier alpha value is -0.810. The van der Waals surface area contributed by atoms with Gasteiger partial charge in [-0.25, -0.2) is 0 Å². The lowest BCUT2D eigenvalue weighted by atomic mass is 10.6. The van der Waals surface area contributed by atoms with Gasteiger partial charge in [-0.1, -0.05) is 0 Å². The predicted molar refractivity (Wildman–Crippen MR) is 41.7 cm³/mol. The molecular weight excluding hydrogens is 160 g/mol. The summed E-state index contributed by atoms with van der Waals surface area (Å²) < 4.78 is 3.56. The first-order valence-electron chi connectivity index (χ1n) is 3.81. The minimum absolute atomic E-state index is 1.04. The van der Waals surface area contributed by atoms with Crippen molar-refractivity contribution in [3.05, 3.63) is 0 Å². The molecular formula is C7H16N2O3. The van der Waals surface area contributed by atoms with E-state index in [2.05, 4.69) is 23.7 Å². The molecule has 5 nitrogen and oxygen atoms in total. The van der Waals surface area contributed by atoms with Crippen LogP contribution < -0.4 is 10.0 Å². The minimum Gasteiger partial charge on any atom is -0.553 e. The molecule has 72 valence electrons. The molecule has 0 amide bonds. The Morgan fingerprint density at radius 1 is 1.67 bits per heavy atom. The number of hydrogen-bond acceptors (Lipinski definition) is 4. The van der Waals surface area contributed by atoms with Gasteiger partial charge in [-0.15, -0.1) is 0 Å². The summed E-state index contributed by atoms with van der Waals surface area (Å²) in [5.74, 6) is 0. The second-order valence-electron chi connectivity index (χ2n) is 2.90.